The number of piperazine rings is 1. The molecule has 11 heteroatoms. The molecule has 2 N–H and O–H groups in total. The van der Waals surface area contributed by atoms with Crippen molar-refractivity contribution in [2.75, 3.05) is 36.4 Å². The second-order valence-corrected chi connectivity index (χ2v) is 10.3. The Morgan fingerprint density at radius 2 is 1.77 bits per heavy atom. The standard InChI is InChI=1S/C29H24Cl2F3N3O3/c1-16-25-23(15-21(31)27(16)37-11-9-35-10-12-37)40-28(39)19(26(25)17-5-3-2-4-6-17)14-24(38)36-22-8-7-18(30)13-20(22)29(32,33)34/h2-8,13,15,35H,9-12,14H2,1H3,(H,36,38). The van der Waals surface area contributed by atoms with Crippen molar-refractivity contribution >= 4 is 51.5 Å². The molecule has 0 aliphatic carbocycles. The van der Waals surface area contributed by atoms with Crippen molar-refractivity contribution < 1.29 is 22.4 Å². The first-order valence-corrected chi connectivity index (χ1v) is 13.3. The van der Waals surface area contributed by atoms with Crippen LogP contribution in [0.25, 0.3) is 22.1 Å². The molecule has 2 heterocycles. The molecule has 0 radical (unpaired) electrons. The van der Waals surface area contributed by atoms with E-state index in [2.05, 4.69) is 15.5 Å². The fourth-order valence-electron chi connectivity index (χ4n) is 5.12. The zero-order valence-electron chi connectivity index (χ0n) is 21.3. The van der Waals surface area contributed by atoms with Gasteiger partial charge >= 0.3 is 11.8 Å². The lowest BCUT2D eigenvalue weighted by atomic mass is 9.92. The van der Waals surface area contributed by atoms with Crippen molar-refractivity contribution in [3.8, 4) is 11.1 Å². The number of hydrogen-bond acceptors (Lipinski definition) is 5. The minimum absolute atomic E-state index is 0.0235. The smallest absolute Gasteiger partial charge is 0.418 e. The van der Waals surface area contributed by atoms with Crippen LogP contribution in [-0.4, -0.2) is 32.1 Å². The van der Waals surface area contributed by atoms with E-state index in [4.69, 9.17) is 27.6 Å². The van der Waals surface area contributed by atoms with Crippen LogP contribution in [0.3, 0.4) is 0 Å². The van der Waals surface area contributed by atoms with Crippen molar-refractivity contribution in [2.45, 2.75) is 19.5 Å². The Balaban J connectivity index is 1.65. The maximum atomic E-state index is 13.6. The first-order valence-electron chi connectivity index (χ1n) is 12.5. The summed E-state index contributed by atoms with van der Waals surface area (Å²) in [6.07, 6.45) is -5.27. The first kappa shape index (κ1) is 28.0. The van der Waals surface area contributed by atoms with E-state index in [1.807, 2.05) is 13.0 Å². The normalized spacial score (nSPS) is 14.0. The summed E-state index contributed by atoms with van der Waals surface area (Å²) >= 11 is 12.4. The van der Waals surface area contributed by atoms with Gasteiger partial charge in [-0.15, -0.1) is 0 Å². The third kappa shape index (κ3) is 5.54. The minimum Gasteiger partial charge on any atom is -0.422 e. The van der Waals surface area contributed by atoms with Gasteiger partial charge in [-0.25, -0.2) is 4.79 Å². The van der Waals surface area contributed by atoms with Crippen LogP contribution in [0.4, 0.5) is 24.5 Å². The van der Waals surface area contributed by atoms with Gasteiger partial charge in [0.2, 0.25) is 5.91 Å². The van der Waals surface area contributed by atoms with Gasteiger partial charge in [0.25, 0.3) is 0 Å². The number of alkyl halides is 3. The summed E-state index contributed by atoms with van der Waals surface area (Å²) in [4.78, 5) is 28.6. The van der Waals surface area contributed by atoms with E-state index in [9.17, 15) is 22.8 Å². The van der Waals surface area contributed by atoms with E-state index in [1.54, 1.807) is 30.3 Å². The van der Waals surface area contributed by atoms with Gasteiger partial charge in [-0.1, -0.05) is 53.5 Å². The lowest BCUT2D eigenvalue weighted by Crippen LogP contribution is -2.44. The number of carbonyl (C=O) groups excluding carboxylic acids is 1. The Hall–Kier alpha value is -3.53. The van der Waals surface area contributed by atoms with Crippen molar-refractivity contribution in [1.29, 1.82) is 0 Å². The minimum atomic E-state index is -4.75. The molecule has 6 nitrogen and oxygen atoms in total. The number of nitrogens with one attached hydrogen (secondary N) is 2. The van der Waals surface area contributed by atoms with E-state index in [0.717, 1.165) is 49.6 Å². The molecule has 0 saturated carbocycles. The zero-order valence-corrected chi connectivity index (χ0v) is 22.8. The predicted molar refractivity (Wildman–Crippen MR) is 152 cm³/mol. The van der Waals surface area contributed by atoms with Crippen LogP contribution in [0.15, 0.2) is 63.8 Å². The van der Waals surface area contributed by atoms with E-state index in [1.165, 1.54) is 6.07 Å². The number of nitrogens with zero attached hydrogens (tertiary/aromatic N) is 1. The maximum Gasteiger partial charge on any atom is 0.418 e. The Morgan fingerprint density at radius 1 is 1.07 bits per heavy atom. The van der Waals surface area contributed by atoms with Crippen molar-refractivity contribution in [3.63, 3.8) is 0 Å². The third-order valence-corrected chi connectivity index (χ3v) is 7.38. The lowest BCUT2D eigenvalue weighted by Gasteiger charge is -2.32. The van der Waals surface area contributed by atoms with Gasteiger partial charge in [-0.2, -0.15) is 13.2 Å². The number of rotatable bonds is 5. The summed E-state index contributed by atoms with van der Waals surface area (Å²) in [6, 6.07) is 13.7. The molecule has 1 aliphatic heterocycles. The molecule has 1 aliphatic rings. The summed E-state index contributed by atoms with van der Waals surface area (Å²) in [5.41, 5.74) is 0.646. The number of halogens is 5. The molecule has 1 saturated heterocycles. The van der Waals surface area contributed by atoms with Crippen LogP contribution in [0.2, 0.25) is 10.0 Å². The van der Waals surface area contributed by atoms with Gasteiger partial charge in [-0.3, -0.25) is 4.79 Å². The topological polar surface area (TPSA) is 74.6 Å². The number of hydrogen-bond donors (Lipinski definition) is 2. The summed E-state index contributed by atoms with van der Waals surface area (Å²) in [5, 5.41) is 6.52. The van der Waals surface area contributed by atoms with Gasteiger partial charge in [0, 0.05) is 48.2 Å². The molecule has 0 unspecified atom stereocenters. The molecule has 208 valence electrons. The highest BCUT2D eigenvalue weighted by Crippen LogP contribution is 2.41. The average molecular weight is 590 g/mol. The SMILES string of the molecule is Cc1c(N2CCNCC2)c(Cl)cc2oc(=O)c(CC(=O)Nc3ccc(Cl)cc3C(F)(F)F)c(-c3ccccc3)c12. The van der Waals surface area contributed by atoms with Gasteiger partial charge in [-0.05, 0) is 36.2 Å². The molecule has 5 rings (SSSR count). The molecule has 0 bridgehead atoms. The number of fused-ring (bicyclic) bond motifs is 1. The largest absolute Gasteiger partial charge is 0.422 e. The number of aryl methyl sites for hydroxylation is 1. The Kier molecular flexibility index (Phi) is 7.81. The molecule has 3 aromatic carbocycles. The predicted octanol–water partition coefficient (Wildman–Crippen LogP) is 6.68. The maximum absolute atomic E-state index is 13.6. The van der Waals surface area contributed by atoms with Crippen molar-refractivity contribution in [2.24, 2.45) is 0 Å². The van der Waals surface area contributed by atoms with Crippen LogP contribution in [-0.2, 0) is 17.4 Å². The Bertz CT molecular complexity index is 1650. The molecular weight excluding hydrogens is 566 g/mol. The quantitative estimate of drug-likeness (QED) is 0.254. The van der Waals surface area contributed by atoms with Gasteiger partial charge in [0.15, 0.2) is 0 Å². The zero-order chi connectivity index (χ0) is 28.6. The molecule has 0 spiro atoms. The summed E-state index contributed by atoms with van der Waals surface area (Å²) in [7, 11) is 0. The van der Waals surface area contributed by atoms with E-state index >= 15 is 0 Å². The molecule has 1 aromatic heterocycles. The second kappa shape index (κ2) is 11.2. The van der Waals surface area contributed by atoms with E-state index in [0.29, 0.717) is 21.5 Å². The summed E-state index contributed by atoms with van der Waals surface area (Å²) in [6.45, 7) is 4.88. The fraction of sp³-hybridized carbons (Fsp3) is 0.241. The first-order chi connectivity index (χ1) is 19.0. The van der Waals surface area contributed by atoms with Gasteiger partial charge in [0.1, 0.15) is 5.58 Å². The number of benzene rings is 3. The lowest BCUT2D eigenvalue weighted by molar-refractivity contribution is -0.137. The van der Waals surface area contributed by atoms with Crippen LogP contribution >= 0.6 is 23.2 Å². The molecular formula is C29H24Cl2F3N3O3. The highest BCUT2D eigenvalue weighted by Gasteiger charge is 2.34. The average Bonchev–Trinajstić information content (AvgIpc) is 2.91. The molecule has 40 heavy (non-hydrogen) atoms. The van der Waals surface area contributed by atoms with Crippen LogP contribution in [0, 0.1) is 6.92 Å². The van der Waals surface area contributed by atoms with Crippen LogP contribution < -0.4 is 21.2 Å². The number of carbonyl (C=O) groups is 1. The second-order valence-electron chi connectivity index (χ2n) is 9.46. The highest BCUT2D eigenvalue weighted by atomic mass is 35.5. The summed E-state index contributed by atoms with van der Waals surface area (Å²) in [5.74, 6) is -0.814. The number of amides is 1. The molecule has 0 atom stereocenters. The third-order valence-electron chi connectivity index (χ3n) is 6.86. The number of anilines is 2. The van der Waals surface area contributed by atoms with Gasteiger partial charge < -0.3 is 20.0 Å². The Labute approximate surface area is 237 Å². The van der Waals surface area contributed by atoms with E-state index in [-0.39, 0.29) is 16.2 Å². The van der Waals surface area contributed by atoms with Gasteiger partial charge in [0.05, 0.1) is 33.9 Å². The van der Waals surface area contributed by atoms with Crippen LogP contribution in [0.5, 0.6) is 0 Å². The van der Waals surface area contributed by atoms with Crippen LogP contribution in [0.1, 0.15) is 16.7 Å². The monoisotopic (exact) mass is 589 g/mol. The molecule has 1 amide bonds. The molecule has 1 fully saturated rings. The van der Waals surface area contributed by atoms with E-state index < -0.39 is 35.4 Å². The highest BCUT2D eigenvalue weighted by molar-refractivity contribution is 6.34. The Morgan fingerprint density at radius 3 is 2.45 bits per heavy atom. The van der Waals surface area contributed by atoms with Crippen molar-refractivity contribution in [1.82, 2.24) is 5.32 Å². The van der Waals surface area contributed by atoms with Crippen molar-refractivity contribution in [3.05, 3.63) is 91.8 Å². The summed E-state index contributed by atoms with van der Waals surface area (Å²) < 4.78 is 46.5. The fourth-order valence-corrected chi connectivity index (χ4v) is 5.65. The molecule has 4 aromatic rings.